The lowest BCUT2D eigenvalue weighted by molar-refractivity contribution is 0.269. The number of rotatable bonds is 4. The molecule has 78 valence electrons. The summed E-state index contributed by atoms with van der Waals surface area (Å²) in [6.07, 6.45) is 5.00. The monoisotopic (exact) mass is 204 g/mol. The Hall–Kier alpha value is -1.81. The van der Waals surface area contributed by atoms with Crippen molar-refractivity contribution in [1.29, 1.82) is 0 Å². The van der Waals surface area contributed by atoms with Gasteiger partial charge in [-0.3, -0.25) is 4.98 Å². The average Bonchev–Trinajstić information content (AvgIpc) is 2.76. The van der Waals surface area contributed by atoms with Crippen LogP contribution in [-0.2, 0) is 13.2 Å². The molecule has 0 aliphatic rings. The smallest absolute Gasteiger partial charge is 0.146 e. The molecular formula is C11H12N2O2. The van der Waals surface area contributed by atoms with Crippen molar-refractivity contribution in [1.82, 2.24) is 4.98 Å². The molecule has 0 radical (unpaired) electrons. The molecular weight excluding hydrogens is 192 g/mol. The number of aromatic nitrogens is 1. The molecule has 0 amide bonds. The lowest BCUT2D eigenvalue weighted by atomic mass is 10.3. The molecule has 0 fully saturated rings. The van der Waals surface area contributed by atoms with Crippen molar-refractivity contribution in [2.75, 3.05) is 0 Å². The summed E-state index contributed by atoms with van der Waals surface area (Å²) in [4.78, 5) is 3.94. The number of nitrogens with zero attached hydrogens (tertiary/aromatic N) is 1. The third-order valence-electron chi connectivity index (χ3n) is 1.96. The molecule has 0 bridgehead atoms. The van der Waals surface area contributed by atoms with Crippen LogP contribution < -0.4 is 10.5 Å². The molecule has 0 saturated heterocycles. The summed E-state index contributed by atoms with van der Waals surface area (Å²) in [6, 6.07) is 5.55. The molecule has 0 aliphatic carbocycles. The Labute approximate surface area is 87.7 Å². The first-order valence-electron chi connectivity index (χ1n) is 4.67. The molecule has 0 aromatic carbocycles. The zero-order chi connectivity index (χ0) is 10.5. The Morgan fingerprint density at radius 1 is 1.47 bits per heavy atom. The third-order valence-corrected chi connectivity index (χ3v) is 1.96. The summed E-state index contributed by atoms with van der Waals surface area (Å²) >= 11 is 0. The summed E-state index contributed by atoms with van der Waals surface area (Å²) in [6.45, 7) is 0.877. The Bertz CT molecular complexity index is 412. The van der Waals surface area contributed by atoms with Crippen molar-refractivity contribution in [3.05, 3.63) is 48.2 Å². The number of hydrogen-bond acceptors (Lipinski definition) is 4. The van der Waals surface area contributed by atoms with Gasteiger partial charge in [0.1, 0.15) is 18.1 Å². The van der Waals surface area contributed by atoms with E-state index in [9.17, 15) is 0 Å². The van der Waals surface area contributed by atoms with Gasteiger partial charge in [-0.1, -0.05) is 0 Å². The predicted molar refractivity (Wildman–Crippen MR) is 55.2 cm³/mol. The Morgan fingerprint density at radius 3 is 3.07 bits per heavy atom. The van der Waals surface area contributed by atoms with Gasteiger partial charge in [0.25, 0.3) is 0 Å². The molecule has 0 saturated carbocycles. The number of nitrogens with two attached hydrogens (primary N) is 1. The van der Waals surface area contributed by atoms with E-state index in [-0.39, 0.29) is 0 Å². The first kappa shape index (κ1) is 9.73. The second-order valence-corrected chi connectivity index (χ2v) is 3.10. The second kappa shape index (κ2) is 4.61. The number of pyridine rings is 1. The highest BCUT2D eigenvalue weighted by Gasteiger charge is 2.01. The van der Waals surface area contributed by atoms with E-state index in [0.29, 0.717) is 13.2 Å². The SMILES string of the molecule is NCc1coc(COc2cccnc2)c1. The fourth-order valence-electron chi connectivity index (χ4n) is 1.20. The predicted octanol–water partition coefficient (Wildman–Crippen LogP) is 1.71. The highest BCUT2D eigenvalue weighted by Crippen LogP contribution is 2.12. The highest BCUT2D eigenvalue weighted by atomic mass is 16.5. The van der Waals surface area contributed by atoms with Crippen LogP contribution in [0.3, 0.4) is 0 Å². The lowest BCUT2D eigenvalue weighted by Gasteiger charge is -2.01. The zero-order valence-corrected chi connectivity index (χ0v) is 8.22. The Balaban J connectivity index is 1.93. The van der Waals surface area contributed by atoms with Crippen LogP contribution in [0.4, 0.5) is 0 Å². The fraction of sp³-hybridized carbons (Fsp3) is 0.182. The molecule has 2 heterocycles. The van der Waals surface area contributed by atoms with E-state index < -0.39 is 0 Å². The summed E-state index contributed by atoms with van der Waals surface area (Å²) in [5, 5.41) is 0. The van der Waals surface area contributed by atoms with Gasteiger partial charge in [-0.2, -0.15) is 0 Å². The van der Waals surface area contributed by atoms with Crippen LogP contribution in [0.5, 0.6) is 5.75 Å². The van der Waals surface area contributed by atoms with Gasteiger partial charge >= 0.3 is 0 Å². The van der Waals surface area contributed by atoms with E-state index in [1.165, 1.54) is 0 Å². The van der Waals surface area contributed by atoms with Crippen LogP contribution in [0.1, 0.15) is 11.3 Å². The average molecular weight is 204 g/mol. The van der Waals surface area contributed by atoms with Crippen LogP contribution >= 0.6 is 0 Å². The molecule has 0 aliphatic heterocycles. The van der Waals surface area contributed by atoms with Gasteiger partial charge in [0.15, 0.2) is 0 Å². The van der Waals surface area contributed by atoms with E-state index in [0.717, 1.165) is 17.1 Å². The van der Waals surface area contributed by atoms with Gasteiger partial charge in [-0.15, -0.1) is 0 Å². The largest absolute Gasteiger partial charge is 0.484 e. The minimum atomic E-state index is 0.395. The number of hydrogen-bond donors (Lipinski definition) is 1. The van der Waals surface area contributed by atoms with Crippen molar-refractivity contribution >= 4 is 0 Å². The van der Waals surface area contributed by atoms with Crippen molar-refractivity contribution in [2.45, 2.75) is 13.2 Å². The molecule has 0 unspecified atom stereocenters. The van der Waals surface area contributed by atoms with Crippen LogP contribution in [0.15, 0.2) is 41.3 Å². The minimum absolute atomic E-state index is 0.395. The topological polar surface area (TPSA) is 61.3 Å². The van der Waals surface area contributed by atoms with E-state index in [4.69, 9.17) is 14.9 Å². The first-order valence-corrected chi connectivity index (χ1v) is 4.67. The second-order valence-electron chi connectivity index (χ2n) is 3.10. The minimum Gasteiger partial charge on any atom is -0.484 e. The number of ether oxygens (including phenoxy) is 1. The van der Waals surface area contributed by atoms with Crippen LogP contribution in [-0.4, -0.2) is 4.98 Å². The third kappa shape index (κ3) is 2.57. The van der Waals surface area contributed by atoms with Crippen molar-refractivity contribution < 1.29 is 9.15 Å². The molecule has 15 heavy (non-hydrogen) atoms. The standard InChI is InChI=1S/C11H12N2O2/c12-5-9-4-11(14-7-9)8-15-10-2-1-3-13-6-10/h1-4,6-7H,5,8,12H2. The molecule has 2 N–H and O–H groups in total. The molecule has 4 nitrogen and oxygen atoms in total. The normalized spacial score (nSPS) is 10.2. The van der Waals surface area contributed by atoms with Gasteiger partial charge < -0.3 is 14.9 Å². The van der Waals surface area contributed by atoms with Crippen LogP contribution in [0.2, 0.25) is 0 Å². The van der Waals surface area contributed by atoms with Crippen molar-refractivity contribution in [2.24, 2.45) is 5.73 Å². The summed E-state index contributed by atoms with van der Waals surface area (Å²) < 4.78 is 10.7. The Morgan fingerprint density at radius 2 is 2.40 bits per heavy atom. The van der Waals surface area contributed by atoms with Gasteiger partial charge in [-0.25, -0.2) is 0 Å². The van der Waals surface area contributed by atoms with Crippen LogP contribution in [0.25, 0.3) is 0 Å². The zero-order valence-electron chi connectivity index (χ0n) is 8.22. The molecule has 4 heteroatoms. The van der Waals surface area contributed by atoms with E-state index in [2.05, 4.69) is 4.98 Å². The van der Waals surface area contributed by atoms with Crippen molar-refractivity contribution in [3.8, 4) is 5.75 Å². The molecule has 0 atom stereocenters. The molecule has 2 aromatic rings. The van der Waals surface area contributed by atoms with Gasteiger partial charge in [0.2, 0.25) is 0 Å². The summed E-state index contributed by atoms with van der Waals surface area (Å²) in [5.41, 5.74) is 6.43. The van der Waals surface area contributed by atoms with Gasteiger partial charge in [-0.05, 0) is 18.2 Å². The van der Waals surface area contributed by atoms with Crippen molar-refractivity contribution in [3.63, 3.8) is 0 Å². The first-order chi connectivity index (χ1) is 7.38. The molecule has 2 rings (SSSR count). The van der Waals surface area contributed by atoms with E-state index in [1.807, 2.05) is 18.2 Å². The maximum absolute atomic E-state index is 5.46. The van der Waals surface area contributed by atoms with Crippen LogP contribution in [0, 0.1) is 0 Å². The molecule has 0 spiro atoms. The lowest BCUT2D eigenvalue weighted by Crippen LogP contribution is -1.95. The summed E-state index contributed by atoms with van der Waals surface area (Å²) in [7, 11) is 0. The van der Waals surface area contributed by atoms with Gasteiger partial charge in [0.05, 0.1) is 12.5 Å². The maximum atomic E-state index is 5.46. The van der Waals surface area contributed by atoms with E-state index in [1.54, 1.807) is 18.7 Å². The quantitative estimate of drug-likeness (QED) is 0.823. The maximum Gasteiger partial charge on any atom is 0.146 e. The number of furan rings is 1. The van der Waals surface area contributed by atoms with Gasteiger partial charge in [0, 0.05) is 18.3 Å². The fourth-order valence-corrected chi connectivity index (χ4v) is 1.20. The summed E-state index contributed by atoms with van der Waals surface area (Å²) in [5.74, 6) is 1.49. The highest BCUT2D eigenvalue weighted by molar-refractivity contribution is 5.17. The van der Waals surface area contributed by atoms with E-state index >= 15 is 0 Å². The Kier molecular flexibility index (Phi) is 2.99. The molecule has 2 aromatic heterocycles.